The summed E-state index contributed by atoms with van der Waals surface area (Å²) in [6.45, 7) is 4.70. The molecule has 1 aliphatic heterocycles. The Morgan fingerprint density at radius 2 is 1.73 bits per heavy atom. The first kappa shape index (κ1) is 18.3. The fourth-order valence-electron chi connectivity index (χ4n) is 2.79. The Balaban J connectivity index is 1.56. The molecule has 0 saturated heterocycles. The maximum atomic E-state index is 5.59. The van der Waals surface area contributed by atoms with Gasteiger partial charge < -0.3 is 24.6 Å². The van der Waals surface area contributed by atoms with Crippen molar-refractivity contribution in [3.8, 4) is 11.5 Å². The largest absolute Gasteiger partial charge is 0.454 e. The van der Waals surface area contributed by atoms with Crippen molar-refractivity contribution in [3.05, 3.63) is 53.6 Å². The third-order valence-corrected chi connectivity index (χ3v) is 4.78. The minimum Gasteiger partial charge on any atom is -0.454 e. The summed E-state index contributed by atoms with van der Waals surface area (Å²) in [6.07, 6.45) is 0. The van der Waals surface area contributed by atoms with E-state index in [4.69, 9.17) is 21.7 Å². The molecule has 138 valence electrons. The van der Waals surface area contributed by atoms with E-state index < -0.39 is 0 Å². The van der Waals surface area contributed by atoms with E-state index in [-0.39, 0.29) is 0 Å². The van der Waals surface area contributed by atoms with Crippen LogP contribution in [0.5, 0.6) is 11.5 Å². The quantitative estimate of drug-likeness (QED) is 0.785. The molecule has 0 atom stereocenters. The number of rotatable bonds is 6. The average Bonchev–Trinajstić information content (AvgIpc) is 3.12. The number of hydrogen-bond acceptors (Lipinski definition) is 4. The molecule has 3 rings (SSSR count). The minimum atomic E-state index is 0.293. The molecule has 0 aliphatic carbocycles. The van der Waals surface area contributed by atoms with Gasteiger partial charge in [0.05, 0.1) is 0 Å². The van der Waals surface area contributed by atoms with Gasteiger partial charge in [-0.1, -0.05) is 18.2 Å². The first-order chi connectivity index (χ1) is 12.6. The van der Waals surface area contributed by atoms with E-state index in [1.165, 1.54) is 11.3 Å². The molecule has 1 N–H and O–H groups in total. The maximum Gasteiger partial charge on any atom is 0.231 e. The summed E-state index contributed by atoms with van der Waals surface area (Å²) in [5, 5.41) is 4.10. The van der Waals surface area contributed by atoms with Crippen molar-refractivity contribution in [1.29, 1.82) is 0 Å². The average molecular weight is 372 g/mol. The van der Waals surface area contributed by atoms with Gasteiger partial charge >= 0.3 is 0 Å². The molecule has 5 nitrogen and oxygen atoms in total. The zero-order chi connectivity index (χ0) is 18.5. The van der Waals surface area contributed by atoms with Gasteiger partial charge in [0.1, 0.15) is 0 Å². The van der Waals surface area contributed by atoms with E-state index in [9.17, 15) is 0 Å². The van der Waals surface area contributed by atoms with Gasteiger partial charge in [0.2, 0.25) is 6.79 Å². The number of fused-ring (bicyclic) bond motifs is 1. The molecule has 26 heavy (non-hydrogen) atoms. The van der Waals surface area contributed by atoms with Gasteiger partial charge in [-0.25, -0.2) is 0 Å². The third kappa shape index (κ3) is 4.38. The number of benzene rings is 2. The van der Waals surface area contributed by atoms with Crippen molar-refractivity contribution in [1.82, 2.24) is 10.2 Å². The number of hydrogen-bond donors (Lipinski definition) is 1. The van der Waals surface area contributed by atoms with Crippen molar-refractivity contribution in [2.75, 3.05) is 32.3 Å². The molecular weight excluding hydrogens is 346 g/mol. The van der Waals surface area contributed by atoms with Crippen LogP contribution in [0.2, 0.25) is 0 Å². The first-order valence-corrected chi connectivity index (χ1v) is 9.15. The van der Waals surface area contributed by atoms with Crippen LogP contribution in [0.15, 0.2) is 42.5 Å². The Morgan fingerprint density at radius 3 is 2.42 bits per heavy atom. The van der Waals surface area contributed by atoms with Gasteiger partial charge in [-0.15, -0.1) is 0 Å². The van der Waals surface area contributed by atoms with Crippen molar-refractivity contribution in [2.45, 2.75) is 20.0 Å². The molecular formula is C20H25N3O2S. The van der Waals surface area contributed by atoms with E-state index in [1.54, 1.807) is 0 Å². The molecule has 0 amide bonds. The summed E-state index contributed by atoms with van der Waals surface area (Å²) in [4.78, 5) is 4.26. The maximum absolute atomic E-state index is 5.59. The number of ether oxygens (including phenoxy) is 2. The molecule has 0 aromatic heterocycles. The smallest absolute Gasteiger partial charge is 0.231 e. The number of anilines is 1. The zero-order valence-electron chi connectivity index (χ0n) is 15.5. The fraction of sp³-hybridized carbons (Fsp3) is 0.350. The normalized spacial score (nSPS) is 12.0. The predicted molar refractivity (Wildman–Crippen MR) is 109 cm³/mol. The van der Waals surface area contributed by atoms with Gasteiger partial charge in [-0.3, -0.25) is 0 Å². The highest BCUT2D eigenvalue weighted by atomic mass is 32.1. The lowest BCUT2D eigenvalue weighted by molar-refractivity contribution is 0.174. The second-order valence-corrected chi connectivity index (χ2v) is 6.81. The first-order valence-electron chi connectivity index (χ1n) is 8.74. The van der Waals surface area contributed by atoms with E-state index >= 15 is 0 Å². The number of nitrogens with zero attached hydrogens (tertiary/aromatic N) is 2. The number of nitrogens with one attached hydrogen (secondary N) is 1. The molecule has 0 spiro atoms. The van der Waals surface area contributed by atoms with Crippen LogP contribution in [-0.4, -0.2) is 37.4 Å². The molecule has 0 saturated carbocycles. The highest BCUT2D eigenvalue weighted by Gasteiger charge is 2.14. The van der Waals surface area contributed by atoms with Gasteiger partial charge in [0, 0.05) is 39.4 Å². The molecule has 6 heteroatoms. The molecule has 1 aliphatic rings. The third-order valence-electron chi connectivity index (χ3n) is 4.38. The van der Waals surface area contributed by atoms with Crippen LogP contribution in [0.1, 0.15) is 18.1 Å². The predicted octanol–water partition coefficient (Wildman–Crippen LogP) is 3.38. The van der Waals surface area contributed by atoms with Crippen LogP contribution in [0.25, 0.3) is 0 Å². The van der Waals surface area contributed by atoms with Gasteiger partial charge in [0.25, 0.3) is 0 Å². The minimum absolute atomic E-state index is 0.293. The highest BCUT2D eigenvalue weighted by Crippen LogP contribution is 2.32. The Kier molecular flexibility index (Phi) is 5.83. The summed E-state index contributed by atoms with van der Waals surface area (Å²) < 4.78 is 10.8. The van der Waals surface area contributed by atoms with E-state index in [0.717, 1.165) is 35.3 Å². The molecule has 2 aromatic rings. The molecule has 0 fully saturated rings. The van der Waals surface area contributed by atoms with Crippen molar-refractivity contribution in [2.24, 2.45) is 0 Å². The fourth-order valence-corrected chi connectivity index (χ4v) is 3.05. The second kappa shape index (κ2) is 8.27. The van der Waals surface area contributed by atoms with Crippen molar-refractivity contribution in [3.63, 3.8) is 0 Å². The Morgan fingerprint density at radius 1 is 1.04 bits per heavy atom. The summed E-state index contributed by atoms with van der Waals surface area (Å²) in [5.41, 5.74) is 3.55. The van der Waals surface area contributed by atoms with E-state index in [0.29, 0.717) is 13.3 Å². The van der Waals surface area contributed by atoms with E-state index in [1.807, 2.05) is 32.3 Å². The molecule has 0 radical (unpaired) electrons. The standard InChI is InChI=1S/C20H25N3O2S/c1-4-23(13-15-5-8-17(9-6-15)22(2)3)20(26)21-12-16-7-10-18-19(11-16)25-14-24-18/h5-11H,4,12-14H2,1-3H3,(H,21,26). The summed E-state index contributed by atoms with van der Waals surface area (Å²) in [7, 11) is 4.09. The molecule has 2 aromatic carbocycles. The Labute approximate surface area is 160 Å². The van der Waals surface area contributed by atoms with Crippen LogP contribution in [0.3, 0.4) is 0 Å². The molecule has 0 unspecified atom stereocenters. The summed E-state index contributed by atoms with van der Waals surface area (Å²) in [5.74, 6) is 1.59. The van der Waals surface area contributed by atoms with Crippen LogP contribution in [0, 0.1) is 0 Å². The summed E-state index contributed by atoms with van der Waals surface area (Å²) >= 11 is 5.59. The van der Waals surface area contributed by atoms with Crippen molar-refractivity contribution < 1.29 is 9.47 Å². The van der Waals surface area contributed by atoms with Crippen LogP contribution in [-0.2, 0) is 13.1 Å². The number of thiocarbonyl (C=S) groups is 1. The van der Waals surface area contributed by atoms with Crippen LogP contribution >= 0.6 is 12.2 Å². The van der Waals surface area contributed by atoms with Gasteiger partial charge in [-0.2, -0.15) is 0 Å². The van der Waals surface area contributed by atoms with Crippen LogP contribution in [0.4, 0.5) is 5.69 Å². The molecule has 0 bridgehead atoms. The zero-order valence-corrected chi connectivity index (χ0v) is 16.3. The Bertz CT molecular complexity index is 762. The highest BCUT2D eigenvalue weighted by molar-refractivity contribution is 7.80. The van der Waals surface area contributed by atoms with Crippen molar-refractivity contribution >= 4 is 23.0 Å². The van der Waals surface area contributed by atoms with Gasteiger partial charge in [0.15, 0.2) is 16.6 Å². The van der Waals surface area contributed by atoms with E-state index in [2.05, 4.69) is 46.3 Å². The summed E-state index contributed by atoms with van der Waals surface area (Å²) in [6, 6.07) is 14.5. The lowest BCUT2D eigenvalue weighted by Gasteiger charge is -2.25. The van der Waals surface area contributed by atoms with Crippen LogP contribution < -0.4 is 19.7 Å². The monoisotopic (exact) mass is 371 g/mol. The topological polar surface area (TPSA) is 37.0 Å². The molecule has 1 heterocycles. The van der Waals surface area contributed by atoms with Gasteiger partial charge in [-0.05, 0) is 54.5 Å². The lowest BCUT2D eigenvalue weighted by Crippen LogP contribution is -2.38. The second-order valence-electron chi connectivity index (χ2n) is 6.42. The lowest BCUT2D eigenvalue weighted by atomic mass is 10.2. The SMILES string of the molecule is CCN(Cc1ccc(N(C)C)cc1)C(=S)NCc1ccc2c(c1)OCO2. The Hall–Kier alpha value is -2.47.